The number of nitrogens with one attached hydrogen (secondary N) is 1. The molecule has 0 fully saturated rings. The van der Waals surface area contributed by atoms with E-state index in [2.05, 4.69) is 22.3 Å². The van der Waals surface area contributed by atoms with Gasteiger partial charge in [-0.2, -0.15) is 5.10 Å². The molecule has 0 amide bonds. The third-order valence-electron chi connectivity index (χ3n) is 2.38. The van der Waals surface area contributed by atoms with Gasteiger partial charge in [-0.1, -0.05) is 24.3 Å². The zero-order valence-electron chi connectivity index (χ0n) is 8.70. The number of benzene rings is 1. The van der Waals surface area contributed by atoms with E-state index in [9.17, 15) is 0 Å². The molecule has 0 aliphatic rings. The molecular weight excluding hydrogens is 188 g/mol. The van der Waals surface area contributed by atoms with Gasteiger partial charge >= 0.3 is 0 Å². The fraction of sp³-hybridized carbons (Fsp3) is 0.250. The Balaban J connectivity index is 2.31. The molecule has 3 nitrogen and oxygen atoms in total. The second-order valence-corrected chi connectivity index (χ2v) is 3.54. The van der Waals surface area contributed by atoms with Crippen molar-refractivity contribution in [3.8, 4) is 0 Å². The van der Waals surface area contributed by atoms with E-state index in [1.54, 1.807) is 0 Å². The minimum absolute atomic E-state index is 0.195. The Hall–Kier alpha value is -1.61. The number of aromatic nitrogens is 2. The van der Waals surface area contributed by atoms with Crippen molar-refractivity contribution in [2.24, 2.45) is 0 Å². The summed E-state index contributed by atoms with van der Waals surface area (Å²) < 4.78 is 0. The highest BCUT2D eigenvalue weighted by Crippen LogP contribution is 2.17. The fourth-order valence-corrected chi connectivity index (χ4v) is 1.56. The molecule has 0 saturated heterocycles. The largest absolute Gasteiger partial charge is 0.396 e. The first-order chi connectivity index (χ1) is 7.31. The van der Waals surface area contributed by atoms with Gasteiger partial charge in [-0.3, -0.25) is 5.10 Å². The van der Waals surface area contributed by atoms with Crippen molar-refractivity contribution < 1.29 is 5.11 Å². The summed E-state index contributed by atoms with van der Waals surface area (Å²) in [5, 5.41) is 17.0. The molecule has 2 N–H and O–H groups in total. The number of fused-ring (bicyclic) bond motifs is 1. The molecule has 78 valence electrons. The maximum absolute atomic E-state index is 8.65. The summed E-state index contributed by atoms with van der Waals surface area (Å²) in [5.41, 5.74) is 3.19. The Labute approximate surface area is 88.4 Å². The molecule has 1 aromatic heterocycles. The second-order valence-electron chi connectivity index (χ2n) is 3.54. The average Bonchev–Trinajstić information content (AvgIpc) is 2.61. The number of hydrogen-bond donors (Lipinski definition) is 2. The number of H-pyrrole nitrogens is 1. The third kappa shape index (κ3) is 2.07. The van der Waals surface area contributed by atoms with E-state index in [0.717, 1.165) is 22.2 Å². The highest BCUT2D eigenvalue weighted by Gasteiger charge is 2.00. The summed E-state index contributed by atoms with van der Waals surface area (Å²) in [5.74, 6) is 0. The van der Waals surface area contributed by atoms with E-state index >= 15 is 0 Å². The van der Waals surface area contributed by atoms with Gasteiger partial charge in [0.25, 0.3) is 0 Å². The van der Waals surface area contributed by atoms with Crippen LogP contribution in [0.15, 0.2) is 24.3 Å². The predicted octanol–water partition coefficient (Wildman–Crippen LogP) is 2.27. The van der Waals surface area contributed by atoms with Crippen LogP contribution in [0.2, 0.25) is 0 Å². The van der Waals surface area contributed by atoms with Crippen molar-refractivity contribution in [2.75, 3.05) is 6.61 Å². The smallest absolute Gasteiger partial charge is 0.0929 e. The molecule has 1 heterocycles. The van der Waals surface area contributed by atoms with E-state index < -0.39 is 0 Å². The van der Waals surface area contributed by atoms with Crippen LogP contribution in [0.3, 0.4) is 0 Å². The first-order valence-corrected chi connectivity index (χ1v) is 5.03. The van der Waals surface area contributed by atoms with Gasteiger partial charge in [0.05, 0.1) is 5.52 Å². The standard InChI is InChI=1S/C12H14N2O/c1-9-11-6-5-10(4-2-3-7-15)8-12(11)14-13-9/h2,4-6,8,15H,3,7H2,1H3,(H,13,14). The van der Waals surface area contributed by atoms with Gasteiger partial charge in [0, 0.05) is 17.7 Å². The normalized spacial score (nSPS) is 11.6. The minimum Gasteiger partial charge on any atom is -0.396 e. The Morgan fingerprint density at radius 3 is 3.13 bits per heavy atom. The van der Waals surface area contributed by atoms with Crippen LogP contribution < -0.4 is 0 Å². The molecule has 15 heavy (non-hydrogen) atoms. The lowest BCUT2D eigenvalue weighted by molar-refractivity contribution is 0.303. The zero-order chi connectivity index (χ0) is 10.7. The Morgan fingerprint density at radius 2 is 2.33 bits per heavy atom. The number of aliphatic hydroxyl groups excluding tert-OH is 1. The number of nitrogens with zero attached hydrogens (tertiary/aromatic N) is 1. The van der Waals surface area contributed by atoms with E-state index in [-0.39, 0.29) is 6.61 Å². The SMILES string of the molecule is Cc1[nH]nc2cc(C=CCCO)ccc12. The van der Waals surface area contributed by atoms with Crippen LogP contribution in [0.1, 0.15) is 17.7 Å². The van der Waals surface area contributed by atoms with Crippen molar-refractivity contribution >= 4 is 17.0 Å². The van der Waals surface area contributed by atoms with Crippen molar-refractivity contribution in [1.29, 1.82) is 0 Å². The lowest BCUT2D eigenvalue weighted by atomic mass is 10.1. The predicted molar refractivity (Wildman–Crippen MR) is 61.6 cm³/mol. The topological polar surface area (TPSA) is 48.9 Å². The first kappa shape index (κ1) is 9.93. The summed E-state index contributed by atoms with van der Waals surface area (Å²) in [6.07, 6.45) is 4.65. The van der Waals surface area contributed by atoms with Gasteiger partial charge in [0.1, 0.15) is 0 Å². The summed E-state index contributed by atoms with van der Waals surface area (Å²) in [7, 11) is 0. The number of hydrogen-bond acceptors (Lipinski definition) is 2. The van der Waals surface area contributed by atoms with Gasteiger partial charge in [-0.25, -0.2) is 0 Å². The zero-order valence-corrected chi connectivity index (χ0v) is 8.70. The third-order valence-corrected chi connectivity index (χ3v) is 2.38. The summed E-state index contributed by atoms with van der Waals surface area (Å²) in [6.45, 7) is 2.21. The monoisotopic (exact) mass is 202 g/mol. The number of aliphatic hydroxyl groups is 1. The maximum Gasteiger partial charge on any atom is 0.0929 e. The van der Waals surface area contributed by atoms with E-state index in [0.29, 0.717) is 6.42 Å². The summed E-state index contributed by atoms with van der Waals surface area (Å²) in [4.78, 5) is 0. The molecule has 0 unspecified atom stereocenters. The van der Waals surface area contributed by atoms with Crippen molar-refractivity contribution in [2.45, 2.75) is 13.3 Å². The van der Waals surface area contributed by atoms with Crippen LogP contribution in [0.25, 0.3) is 17.0 Å². The molecule has 2 aromatic rings. The molecule has 2 rings (SSSR count). The lowest BCUT2D eigenvalue weighted by Crippen LogP contribution is -1.77. The van der Waals surface area contributed by atoms with Gasteiger partial charge in [-0.15, -0.1) is 0 Å². The minimum atomic E-state index is 0.195. The van der Waals surface area contributed by atoms with E-state index in [1.165, 1.54) is 0 Å². The lowest BCUT2D eigenvalue weighted by Gasteiger charge is -1.93. The van der Waals surface area contributed by atoms with Gasteiger partial charge in [-0.05, 0) is 25.0 Å². The highest BCUT2D eigenvalue weighted by atomic mass is 16.2. The molecule has 0 saturated carbocycles. The maximum atomic E-state index is 8.65. The molecule has 0 radical (unpaired) electrons. The molecular formula is C12H14N2O. The first-order valence-electron chi connectivity index (χ1n) is 5.03. The molecule has 0 bridgehead atoms. The van der Waals surface area contributed by atoms with Crippen LogP contribution in [-0.2, 0) is 0 Å². The molecule has 0 spiro atoms. The van der Waals surface area contributed by atoms with E-state index in [1.807, 2.05) is 25.1 Å². The van der Waals surface area contributed by atoms with Gasteiger partial charge in [0.2, 0.25) is 0 Å². The van der Waals surface area contributed by atoms with Crippen LogP contribution in [0, 0.1) is 6.92 Å². The van der Waals surface area contributed by atoms with Crippen LogP contribution in [0.4, 0.5) is 0 Å². The second kappa shape index (κ2) is 4.28. The summed E-state index contributed by atoms with van der Waals surface area (Å²) >= 11 is 0. The summed E-state index contributed by atoms with van der Waals surface area (Å²) in [6, 6.07) is 6.15. The van der Waals surface area contributed by atoms with Gasteiger partial charge < -0.3 is 5.11 Å². The molecule has 0 aliphatic carbocycles. The van der Waals surface area contributed by atoms with Crippen LogP contribution in [0.5, 0.6) is 0 Å². The highest BCUT2D eigenvalue weighted by molar-refractivity contribution is 5.83. The van der Waals surface area contributed by atoms with E-state index in [4.69, 9.17) is 5.11 Å². The van der Waals surface area contributed by atoms with Crippen molar-refractivity contribution in [3.05, 3.63) is 35.5 Å². The Morgan fingerprint density at radius 1 is 1.47 bits per heavy atom. The number of aromatic amines is 1. The van der Waals surface area contributed by atoms with Crippen LogP contribution >= 0.6 is 0 Å². The van der Waals surface area contributed by atoms with Gasteiger partial charge in [0.15, 0.2) is 0 Å². The fourth-order valence-electron chi connectivity index (χ4n) is 1.56. The molecule has 1 aromatic carbocycles. The molecule has 0 atom stereocenters. The number of rotatable bonds is 3. The van der Waals surface area contributed by atoms with Crippen LogP contribution in [-0.4, -0.2) is 21.9 Å². The van der Waals surface area contributed by atoms with Crippen molar-refractivity contribution in [3.63, 3.8) is 0 Å². The molecule has 3 heteroatoms. The van der Waals surface area contributed by atoms with Crippen molar-refractivity contribution in [1.82, 2.24) is 10.2 Å². The molecule has 0 aliphatic heterocycles. The quantitative estimate of drug-likeness (QED) is 0.802. The Kier molecular flexibility index (Phi) is 2.83. The average molecular weight is 202 g/mol. The number of aryl methyl sites for hydroxylation is 1. The Bertz CT molecular complexity index is 485.